The number of hydrogen-bond donors (Lipinski definition) is 0. The first-order chi connectivity index (χ1) is 15.7. The Morgan fingerprint density at radius 1 is 1.00 bits per heavy atom. The molecule has 1 aromatic carbocycles. The Kier molecular flexibility index (Phi) is 5.90. The summed E-state index contributed by atoms with van der Waals surface area (Å²) in [6.07, 6.45) is 5.87. The average Bonchev–Trinajstić information content (AvgIpc) is 2.84. The van der Waals surface area contributed by atoms with Gasteiger partial charge in [-0.05, 0) is 49.2 Å². The number of aromatic nitrogens is 3. The summed E-state index contributed by atoms with van der Waals surface area (Å²) in [7, 11) is 4.05. The van der Waals surface area contributed by atoms with Gasteiger partial charge in [0.05, 0.1) is 5.69 Å². The van der Waals surface area contributed by atoms with E-state index in [4.69, 9.17) is 19.4 Å². The fourth-order valence-corrected chi connectivity index (χ4v) is 4.41. The number of nitrogens with zero attached hydrogens (tertiary/aromatic N) is 5. The Hall–Kier alpha value is -3.19. The summed E-state index contributed by atoms with van der Waals surface area (Å²) < 4.78 is 11.4. The number of benzene rings is 1. The van der Waals surface area contributed by atoms with Crippen molar-refractivity contribution in [3.63, 3.8) is 0 Å². The Morgan fingerprint density at radius 2 is 1.81 bits per heavy atom. The molecule has 0 radical (unpaired) electrons. The Morgan fingerprint density at radius 3 is 2.62 bits per heavy atom. The van der Waals surface area contributed by atoms with Crippen LogP contribution in [0.15, 0.2) is 48.8 Å². The molecule has 2 aromatic heterocycles. The van der Waals surface area contributed by atoms with Crippen LogP contribution in [0.4, 0.5) is 5.82 Å². The topological polar surface area (TPSA) is 63.6 Å². The van der Waals surface area contributed by atoms with Gasteiger partial charge in [-0.25, -0.2) is 9.97 Å². The van der Waals surface area contributed by atoms with Crippen molar-refractivity contribution in [1.29, 1.82) is 0 Å². The second-order valence-electron chi connectivity index (χ2n) is 8.66. The number of piperidine rings is 1. The molecule has 1 atom stereocenters. The maximum absolute atomic E-state index is 5.76. The second-order valence-corrected chi connectivity index (χ2v) is 8.66. The Balaban J connectivity index is 1.36. The Bertz CT molecular complexity index is 1070. The fourth-order valence-electron chi connectivity index (χ4n) is 4.41. The molecule has 32 heavy (non-hydrogen) atoms. The summed E-state index contributed by atoms with van der Waals surface area (Å²) in [5.74, 6) is 3.78. The van der Waals surface area contributed by atoms with Crippen LogP contribution in [0.2, 0.25) is 0 Å². The third-order valence-electron chi connectivity index (χ3n) is 6.07. The second kappa shape index (κ2) is 9.12. The van der Waals surface area contributed by atoms with Gasteiger partial charge >= 0.3 is 0 Å². The van der Waals surface area contributed by atoms with Crippen molar-refractivity contribution in [3.8, 4) is 22.9 Å². The molecule has 7 heteroatoms. The van der Waals surface area contributed by atoms with Gasteiger partial charge in [0.25, 0.3) is 0 Å². The predicted octanol–water partition coefficient (Wildman–Crippen LogP) is 3.76. The molecule has 166 valence electrons. The van der Waals surface area contributed by atoms with Crippen LogP contribution in [0.1, 0.15) is 30.0 Å². The zero-order valence-corrected chi connectivity index (χ0v) is 18.7. The monoisotopic (exact) mass is 431 g/mol. The van der Waals surface area contributed by atoms with Crippen LogP contribution < -0.4 is 14.4 Å². The highest BCUT2D eigenvalue weighted by Gasteiger charge is 2.24. The van der Waals surface area contributed by atoms with Crippen molar-refractivity contribution < 1.29 is 9.47 Å². The number of ether oxygens (including phenoxy) is 2. The van der Waals surface area contributed by atoms with Crippen molar-refractivity contribution in [1.82, 2.24) is 19.9 Å². The standard InChI is InChI=1S/C25H29N5O2/c1-29(2)24-15-21(27-25(28-24)19-7-9-26-10-8-19)20-4-3-11-30(17-20)16-18-5-6-22-23(14-18)32-13-12-31-22/h5-10,14-15,20H,3-4,11-13,16-17H2,1-2H3. The molecule has 2 aliphatic heterocycles. The van der Waals surface area contributed by atoms with E-state index in [1.165, 1.54) is 5.56 Å². The summed E-state index contributed by atoms with van der Waals surface area (Å²) in [6, 6.07) is 12.4. The third-order valence-corrected chi connectivity index (χ3v) is 6.07. The van der Waals surface area contributed by atoms with Crippen LogP contribution in [0.25, 0.3) is 11.4 Å². The van der Waals surface area contributed by atoms with Crippen molar-refractivity contribution in [3.05, 3.63) is 60.0 Å². The minimum atomic E-state index is 0.378. The highest BCUT2D eigenvalue weighted by Crippen LogP contribution is 2.33. The minimum absolute atomic E-state index is 0.378. The summed E-state index contributed by atoms with van der Waals surface area (Å²) in [4.78, 5) is 18.4. The number of anilines is 1. The van der Waals surface area contributed by atoms with E-state index in [0.29, 0.717) is 19.1 Å². The first-order valence-electron chi connectivity index (χ1n) is 11.2. The van der Waals surface area contributed by atoms with E-state index in [2.05, 4.69) is 28.1 Å². The molecule has 7 nitrogen and oxygen atoms in total. The molecule has 0 N–H and O–H groups in total. The normalized spacial score (nSPS) is 18.4. The minimum Gasteiger partial charge on any atom is -0.486 e. The molecule has 4 heterocycles. The first kappa shape index (κ1) is 20.7. The van der Waals surface area contributed by atoms with Crippen LogP contribution in [-0.2, 0) is 6.54 Å². The lowest BCUT2D eigenvalue weighted by Gasteiger charge is -2.33. The largest absolute Gasteiger partial charge is 0.486 e. The van der Waals surface area contributed by atoms with E-state index in [9.17, 15) is 0 Å². The molecule has 1 fully saturated rings. The van der Waals surface area contributed by atoms with Crippen molar-refractivity contribution in [2.45, 2.75) is 25.3 Å². The van der Waals surface area contributed by atoms with Gasteiger partial charge in [0, 0.05) is 57.1 Å². The maximum Gasteiger partial charge on any atom is 0.161 e. The zero-order chi connectivity index (χ0) is 21.9. The van der Waals surface area contributed by atoms with Crippen molar-refractivity contribution in [2.75, 3.05) is 45.3 Å². The van der Waals surface area contributed by atoms with E-state index in [1.54, 1.807) is 12.4 Å². The van der Waals surface area contributed by atoms with Crippen molar-refractivity contribution >= 4 is 5.82 Å². The first-order valence-corrected chi connectivity index (χ1v) is 11.2. The molecule has 0 saturated carbocycles. The molecule has 0 aliphatic carbocycles. The molecule has 0 bridgehead atoms. The summed E-state index contributed by atoms with van der Waals surface area (Å²) in [6.45, 7) is 4.21. The number of pyridine rings is 1. The molecule has 2 aliphatic rings. The average molecular weight is 432 g/mol. The number of likely N-dealkylation sites (tertiary alicyclic amines) is 1. The van der Waals surface area contributed by atoms with Crippen LogP contribution in [0.5, 0.6) is 11.5 Å². The smallest absolute Gasteiger partial charge is 0.161 e. The van der Waals surface area contributed by atoms with E-state index >= 15 is 0 Å². The predicted molar refractivity (Wildman–Crippen MR) is 124 cm³/mol. The van der Waals surface area contributed by atoms with Crippen LogP contribution in [0.3, 0.4) is 0 Å². The van der Waals surface area contributed by atoms with Crippen LogP contribution in [-0.4, -0.2) is 60.3 Å². The molecular formula is C25H29N5O2. The quantitative estimate of drug-likeness (QED) is 0.610. The van der Waals surface area contributed by atoms with Gasteiger partial charge in [-0.1, -0.05) is 6.07 Å². The molecular weight excluding hydrogens is 402 g/mol. The van der Waals surface area contributed by atoms with Crippen LogP contribution in [0, 0.1) is 0 Å². The summed E-state index contributed by atoms with van der Waals surface area (Å²) in [5.41, 5.74) is 3.36. The molecule has 0 amide bonds. The van der Waals surface area contributed by atoms with Gasteiger partial charge in [-0.3, -0.25) is 9.88 Å². The number of hydrogen-bond acceptors (Lipinski definition) is 7. The van der Waals surface area contributed by atoms with Gasteiger partial charge in [0.2, 0.25) is 0 Å². The van der Waals surface area contributed by atoms with Gasteiger partial charge in [0.1, 0.15) is 19.0 Å². The molecule has 1 saturated heterocycles. The maximum atomic E-state index is 5.76. The lowest BCUT2D eigenvalue weighted by molar-refractivity contribution is 0.170. The molecule has 1 unspecified atom stereocenters. The number of fused-ring (bicyclic) bond motifs is 1. The third kappa shape index (κ3) is 4.53. The van der Waals surface area contributed by atoms with E-state index in [0.717, 1.165) is 66.9 Å². The van der Waals surface area contributed by atoms with Gasteiger partial charge < -0.3 is 14.4 Å². The van der Waals surface area contributed by atoms with E-state index in [-0.39, 0.29) is 0 Å². The highest BCUT2D eigenvalue weighted by atomic mass is 16.6. The summed E-state index contributed by atoms with van der Waals surface area (Å²) >= 11 is 0. The molecule has 0 spiro atoms. The molecule has 3 aromatic rings. The van der Waals surface area contributed by atoms with Gasteiger partial charge in [0.15, 0.2) is 17.3 Å². The lowest BCUT2D eigenvalue weighted by atomic mass is 9.93. The van der Waals surface area contributed by atoms with Gasteiger partial charge in [-0.15, -0.1) is 0 Å². The van der Waals surface area contributed by atoms with Crippen LogP contribution >= 0.6 is 0 Å². The Labute approximate surface area is 189 Å². The van der Waals surface area contributed by atoms with Gasteiger partial charge in [-0.2, -0.15) is 0 Å². The highest BCUT2D eigenvalue weighted by molar-refractivity contribution is 5.57. The van der Waals surface area contributed by atoms with Crippen molar-refractivity contribution in [2.24, 2.45) is 0 Å². The van der Waals surface area contributed by atoms with E-state index < -0.39 is 0 Å². The number of rotatable bonds is 5. The lowest BCUT2D eigenvalue weighted by Crippen LogP contribution is -2.34. The molecule has 5 rings (SSSR count). The fraction of sp³-hybridized carbons (Fsp3) is 0.400. The summed E-state index contributed by atoms with van der Waals surface area (Å²) in [5, 5.41) is 0. The van der Waals surface area contributed by atoms with E-state index in [1.807, 2.05) is 37.2 Å². The SMILES string of the molecule is CN(C)c1cc(C2CCCN(Cc3ccc4c(c3)OCCO4)C2)nc(-c2ccncc2)n1. The zero-order valence-electron chi connectivity index (χ0n) is 18.7.